The van der Waals surface area contributed by atoms with Gasteiger partial charge in [-0.05, 0) is 47.2 Å². The SMILES string of the molecule is C[C@H](NCc1cccc(-c2cnn(C)c2)c1)c1cnc2ccsc2c1. The molecule has 4 nitrogen and oxygen atoms in total. The van der Waals surface area contributed by atoms with Gasteiger partial charge in [-0.1, -0.05) is 18.2 Å². The highest BCUT2D eigenvalue weighted by molar-refractivity contribution is 7.17. The second kappa shape index (κ2) is 6.78. The number of pyridine rings is 1. The van der Waals surface area contributed by atoms with E-state index >= 15 is 0 Å². The minimum atomic E-state index is 0.251. The smallest absolute Gasteiger partial charge is 0.0809 e. The molecule has 1 aromatic carbocycles. The van der Waals surface area contributed by atoms with E-state index in [1.54, 1.807) is 11.3 Å². The zero-order valence-corrected chi connectivity index (χ0v) is 15.1. The van der Waals surface area contributed by atoms with E-state index in [2.05, 4.69) is 64.1 Å². The van der Waals surface area contributed by atoms with Crippen molar-refractivity contribution in [2.75, 3.05) is 0 Å². The number of aryl methyl sites for hydroxylation is 1. The Morgan fingerprint density at radius 2 is 2.08 bits per heavy atom. The Hall–Kier alpha value is -2.50. The Labute approximate surface area is 151 Å². The van der Waals surface area contributed by atoms with Gasteiger partial charge < -0.3 is 5.32 Å². The molecule has 0 fully saturated rings. The Balaban J connectivity index is 1.47. The van der Waals surface area contributed by atoms with Crippen LogP contribution in [0.4, 0.5) is 0 Å². The van der Waals surface area contributed by atoms with Crippen molar-refractivity contribution in [3.05, 3.63) is 71.5 Å². The summed E-state index contributed by atoms with van der Waals surface area (Å²) in [6.07, 6.45) is 5.91. The molecule has 5 heteroatoms. The third-order valence-electron chi connectivity index (χ3n) is 4.40. The molecule has 0 spiro atoms. The molecular formula is C20H20N4S. The van der Waals surface area contributed by atoms with Gasteiger partial charge >= 0.3 is 0 Å². The molecule has 0 unspecified atom stereocenters. The maximum absolute atomic E-state index is 4.53. The lowest BCUT2D eigenvalue weighted by molar-refractivity contribution is 0.574. The van der Waals surface area contributed by atoms with Crippen molar-refractivity contribution in [1.29, 1.82) is 0 Å². The van der Waals surface area contributed by atoms with Gasteiger partial charge in [-0.3, -0.25) is 9.67 Å². The van der Waals surface area contributed by atoms with Gasteiger partial charge in [-0.25, -0.2) is 0 Å². The third kappa shape index (κ3) is 3.48. The van der Waals surface area contributed by atoms with Crippen molar-refractivity contribution in [2.45, 2.75) is 19.5 Å². The van der Waals surface area contributed by atoms with Crippen molar-refractivity contribution >= 4 is 21.6 Å². The molecule has 0 radical (unpaired) electrons. The van der Waals surface area contributed by atoms with E-state index in [0.717, 1.165) is 17.6 Å². The Morgan fingerprint density at radius 3 is 2.92 bits per heavy atom. The highest BCUT2D eigenvalue weighted by Gasteiger charge is 2.08. The van der Waals surface area contributed by atoms with Crippen LogP contribution in [-0.4, -0.2) is 14.8 Å². The summed E-state index contributed by atoms with van der Waals surface area (Å²) in [6.45, 7) is 3.00. The average Bonchev–Trinajstić information content (AvgIpc) is 3.28. The maximum atomic E-state index is 4.53. The highest BCUT2D eigenvalue weighted by Crippen LogP contribution is 2.23. The van der Waals surface area contributed by atoms with E-state index in [-0.39, 0.29) is 6.04 Å². The lowest BCUT2D eigenvalue weighted by atomic mass is 10.1. The van der Waals surface area contributed by atoms with Gasteiger partial charge in [0.1, 0.15) is 0 Å². The first-order valence-electron chi connectivity index (χ1n) is 8.33. The molecule has 1 N–H and O–H groups in total. The summed E-state index contributed by atoms with van der Waals surface area (Å²) in [5.74, 6) is 0. The van der Waals surface area contributed by atoms with Gasteiger partial charge in [-0.15, -0.1) is 11.3 Å². The number of nitrogens with zero attached hydrogens (tertiary/aromatic N) is 3. The van der Waals surface area contributed by atoms with Crippen LogP contribution in [0, 0.1) is 0 Å². The van der Waals surface area contributed by atoms with E-state index in [1.165, 1.54) is 21.4 Å². The molecule has 1 atom stereocenters. The largest absolute Gasteiger partial charge is 0.306 e. The zero-order valence-electron chi connectivity index (χ0n) is 14.3. The molecular weight excluding hydrogens is 328 g/mol. The first-order chi connectivity index (χ1) is 12.2. The van der Waals surface area contributed by atoms with Gasteiger partial charge in [0.2, 0.25) is 0 Å². The van der Waals surface area contributed by atoms with Crippen LogP contribution in [0.25, 0.3) is 21.3 Å². The van der Waals surface area contributed by atoms with Crippen molar-refractivity contribution in [3.8, 4) is 11.1 Å². The van der Waals surface area contributed by atoms with E-state index < -0.39 is 0 Å². The first kappa shape index (κ1) is 16.0. The fourth-order valence-corrected chi connectivity index (χ4v) is 3.71. The highest BCUT2D eigenvalue weighted by atomic mass is 32.1. The Morgan fingerprint density at radius 1 is 1.16 bits per heavy atom. The number of nitrogens with one attached hydrogen (secondary N) is 1. The zero-order chi connectivity index (χ0) is 17.2. The average molecular weight is 348 g/mol. The second-order valence-corrected chi connectivity index (χ2v) is 7.23. The van der Waals surface area contributed by atoms with Crippen molar-refractivity contribution < 1.29 is 0 Å². The van der Waals surface area contributed by atoms with Gasteiger partial charge in [0.15, 0.2) is 0 Å². The summed E-state index contributed by atoms with van der Waals surface area (Å²) in [6, 6.07) is 13.1. The summed E-state index contributed by atoms with van der Waals surface area (Å²) >= 11 is 1.74. The van der Waals surface area contributed by atoms with E-state index in [9.17, 15) is 0 Å². The molecule has 4 aromatic rings. The number of hydrogen-bond donors (Lipinski definition) is 1. The first-order valence-corrected chi connectivity index (χ1v) is 9.21. The van der Waals surface area contributed by atoms with E-state index in [4.69, 9.17) is 0 Å². The number of thiophene rings is 1. The Bertz CT molecular complexity index is 1000. The molecule has 0 aliphatic rings. The van der Waals surface area contributed by atoms with Crippen LogP contribution in [-0.2, 0) is 13.6 Å². The lowest BCUT2D eigenvalue weighted by Crippen LogP contribution is -2.18. The van der Waals surface area contributed by atoms with Crippen LogP contribution in [0.3, 0.4) is 0 Å². The summed E-state index contributed by atoms with van der Waals surface area (Å²) in [7, 11) is 1.94. The normalized spacial score (nSPS) is 12.6. The molecule has 0 saturated carbocycles. The number of fused-ring (bicyclic) bond motifs is 1. The standard InChI is InChI=1S/C20H20N4S/c1-14(17-9-20-19(22-11-17)6-7-25-20)21-10-15-4-3-5-16(8-15)18-12-23-24(2)13-18/h3-9,11-14,21H,10H2,1-2H3/t14-/m0/s1. The van der Waals surface area contributed by atoms with Crippen molar-refractivity contribution in [3.63, 3.8) is 0 Å². The van der Waals surface area contributed by atoms with Crippen LogP contribution in [0.15, 0.2) is 60.4 Å². The predicted octanol–water partition coefficient (Wildman–Crippen LogP) is 4.55. The van der Waals surface area contributed by atoms with Crippen LogP contribution in [0.1, 0.15) is 24.1 Å². The molecule has 0 saturated heterocycles. The van der Waals surface area contributed by atoms with Gasteiger partial charge in [0.25, 0.3) is 0 Å². The van der Waals surface area contributed by atoms with Gasteiger partial charge in [0, 0.05) is 37.6 Å². The number of rotatable bonds is 5. The van der Waals surface area contributed by atoms with Crippen molar-refractivity contribution in [2.24, 2.45) is 7.05 Å². The number of aromatic nitrogens is 3. The number of benzene rings is 1. The van der Waals surface area contributed by atoms with Crippen molar-refractivity contribution in [1.82, 2.24) is 20.1 Å². The molecule has 25 heavy (non-hydrogen) atoms. The van der Waals surface area contributed by atoms with Gasteiger partial charge in [0.05, 0.1) is 16.4 Å². The van der Waals surface area contributed by atoms with E-state index in [0.29, 0.717) is 0 Å². The van der Waals surface area contributed by atoms with Gasteiger partial charge in [-0.2, -0.15) is 5.10 Å². The molecule has 0 amide bonds. The topological polar surface area (TPSA) is 42.7 Å². The summed E-state index contributed by atoms with van der Waals surface area (Å²) < 4.78 is 3.07. The molecule has 0 aliphatic heterocycles. The second-order valence-electron chi connectivity index (χ2n) is 6.28. The molecule has 0 aliphatic carbocycles. The molecule has 126 valence electrons. The fraction of sp³-hybridized carbons (Fsp3) is 0.200. The van der Waals surface area contributed by atoms with E-state index in [1.807, 2.05) is 30.3 Å². The summed E-state index contributed by atoms with van der Waals surface area (Å²) in [4.78, 5) is 4.53. The molecule has 4 rings (SSSR count). The van der Waals surface area contributed by atoms with Crippen LogP contribution in [0.2, 0.25) is 0 Å². The fourth-order valence-electron chi connectivity index (χ4n) is 2.92. The third-order valence-corrected chi connectivity index (χ3v) is 5.25. The predicted molar refractivity (Wildman–Crippen MR) is 104 cm³/mol. The summed E-state index contributed by atoms with van der Waals surface area (Å²) in [5.41, 5.74) is 5.90. The summed E-state index contributed by atoms with van der Waals surface area (Å²) in [5, 5.41) is 9.94. The minimum absolute atomic E-state index is 0.251. The number of hydrogen-bond acceptors (Lipinski definition) is 4. The molecule has 3 heterocycles. The minimum Gasteiger partial charge on any atom is -0.306 e. The Kier molecular flexibility index (Phi) is 4.34. The lowest BCUT2D eigenvalue weighted by Gasteiger charge is -2.14. The van der Waals surface area contributed by atoms with Crippen LogP contribution < -0.4 is 5.32 Å². The quantitative estimate of drug-likeness (QED) is 0.575. The van der Waals surface area contributed by atoms with Crippen LogP contribution in [0.5, 0.6) is 0 Å². The van der Waals surface area contributed by atoms with Crippen LogP contribution >= 0.6 is 11.3 Å². The molecule has 3 aromatic heterocycles. The maximum Gasteiger partial charge on any atom is 0.0809 e. The molecule has 0 bridgehead atoms. The monoisotopic (exact) mass is 348 g/mol.